The van der Waals surface area contributed by atoms with E-state index >= 15 is 0 Å². The second kappa shape index (κ2) is 6.94. The van der Waals surface area contributed by atoms with Gasteiger partial charge in [0.25, 0.3) is 0 Å². The van der Waals surface area contributed by atoms with Crippen LogP contribution in [-0.4, -0.2) is 18.4 Å². The van der Waals surface area contributed by atoms with Gasteiger partial charge in [0.1, 0.15) is 10.7 Å². The first-order valence-corrected chi connectivity index (χ1v) is 8.71. The number of thiophene rings is 1. The van der Waals surface area contributed by atoms with Crippen molar-refractivity contribution in [3.8, 4) is 0 Å². The molecule has 0 radical (unpaired) electrons. The summed E-state index contributed by atoms with van der Waals surface area (Å²) in [5, 5.41) is 0.796. The molecule has 1 heterocycles. The van der Waals surface area contributed by atoms with Crippen LogP contribution in [0.25, 0.3) is 10.1 Å². The quantitative estimate of drug-likeness (QED) is 0.455. The fourth-order valence-corrected chi connectivity index (χ4v) is 3.91. The van der Waals surface area contributed by atoms with Gasteiger partial charge in [0, 0.05) is 15.6 Å². The molecule has 1 aromatic heterocycles. The van der Waals surface area contributed by atoms with Gasteiger partial charge in [-0.2, -0.15) is 0 Å². The van der Waals surface area contributed by atoms with Gasteiger partial charge in [0.05, 0.1) is 5.02 Å². The third-order valence-electron chi connectivity index (χ3n) is 3.80. The molecule has 128 valence electrons. The second-order valence-corrected chi connectivity index (χ2v) is 7.13. The van der Waals surface area contributed by atoms with Gasteiger partial charge in [-0.15, -0.1) is 11.3 Å². The number of benzene rings is 2. The van der Waals surface area contributed by atoms with Crippen molar-refractivity contribution < 1.29 is 18.7 Å². The molecule has 0 atom stereocenters. The van der Waals surface area contributed by atoms with Gasteiger partial charge in [-0.05, 0) is 43.7 Å². The third kappa shape index (κ3) is 3.57. The monoisotopic (exact) mass is 376 g/mol. The Morgan fingerprint density at radius 2 is 1.92 bits per heavy atom. The van der Waals surface area contributed by atoms with Crippen molar-refractivity contribution in [2.75, 3.05) is 6.61 Å². The Hall–Kier alpha value is -2.24. The maximum Gasteiger partial charge on any atom is 0.350 e. The smallest absolute Gasteiger partial charge is 0.350 e. The number of hydrogen-bond acceptors (Lipinski definition) is 4. The lowest BCUT2D eigenvalue weighted by Crippen LogP contribution is -2.15. The molecule has 3 aromatic rings. The second-order valence-electron chi connectivity index (χ2n) is 5.70. The number of rotatable bonds is 4. The van der Waals surface area contributed by atoms with Crippen LogP contribution in [0.1, 0.15) is 31.2 Å². The maximum absolute atomic E-state index is 13.3. The molecule has 0 N–H and O–H groups in total. The van der Waals surface area contributed by atoms with E-state index in [4.69, 9.17) is 16.3 Å². The van der Waals surface area contributed by atoms with Crippen molar-refractivity contribution >= 4 is 44.8 Å². The lowest BCUT2D eigenvalue weighted by molar-refractivity contribution is 0.0479. The van der Waals surface area contributed by atoms with Crippen LogP contribution in [0.4, 0.5) is 4.39 Å². The summed E-state index contributed by atoms with van der Waals surface area (Å²) >= 11 is 7.23. The molecule has 0 aliphatic heterocycles. The molecule has 0 aliphatic carbocycles. The topological polar surface area (TPSA) is 43.4 Å². The molecule has 0 bridgehead atoms. The van der Waals surface area contributed by atoms with E-state index in [9.17, 15) is 14.0 Å². The van der Waals surface area contributed by atoms with E-state index in [1.165, 1.54) is 18.2 Å². The molecule has 0 fully saturated rings. The summed E-state index contributed by atoms with van der Waals surface area (Å²) in [6.07, 6.45) is 0. The molecule has 6 heteroatoms. The van der Waals surface area contributed by atoms with Gasteiger partial charge in [-0.25, -0.2) is 9.18 Å². The van der Waals surface area contributed by atoms with E-state index in [0.29, 0.717) is 15.6 Å². The third-order valence-corrected chi connectivity index (χ3v) is 5.44. The van der Waals surface area contributed by atoms with Crippen molar-refractivity contribution in [2.45, 2.75) is 13.8 Å². The minimum atomic E-state index is -0.690. The number of ketones is 1. The normalized spacial score (nSPS) is 10.9. The zero-order valence-corrected chi connectivity index (χ0v) is 15.1. The van der Waals surface area contributed by atoms with Crippen molar-refractivity contribution in [3.05, 3.63) is 68.8 Å². The highest BCUT2D eigenvalue weighted by atomic mass is 35.5. The highest BCUT2D eigenvalue weighted by molar-refractivity contribution is 7.21. The number of fused-ring (bicyclic) bond motifs is 1. The van der Waals surface area contributed by atoms with Gasteiger partial charge >= 0.3 is 5.97 Å². The summed E-state index contributed by atoms with van der Waals surface area (Å²) in [7, 11) is 0. The van der Waals surface area contributed by atoms with Crippen LogP contribution in [0.3, 0.4) is 0 Å². The Balaban J connectivity index is 1.78. The van der Waals surface area contributed by atoms with Gasteiger partial charge < -0.3 is 4.74 Å². The Morgan fingerprint density at radius 3 is 2.68 bits per heavy atom. The first kappa shape index (κ1) is 17.6. The molecule has 0 saturated heterocycles. The van der Waals surface area contributed by atoms with Crippen LogP contribution in [0.2, 0.25) is 5.02 Å². The molecular weight excluding hydrogens is 363 g/mol. The highest BCUT2D eigenvalue weighted by Gasteiger charge is 2.20. The summed E-state index contributed by atoms with van der Waals surface area (Å²) in [5.41, 5.74) is 2.30. The van der Waals surface area contributed by atoms with Crippen LogP contribution < -0.4 is 0 Å². The molecule has 2 aromatic carbocycles. The Morgan fingerprint density at radius 1 is 1.16 bits per heavy atom. The average molecular weight is 377 g/mol. The van der Waals surface area contributed by atoms with E-state index in [2.05, 4.69) is 0 Å². The molecule has 0 spiro atoms. The zero-order valence-electron chi connectivity index (χ0n) is 13.6. The number of carbonyl (C=O) groups excluding carboxylic acids is 2. The van der Waals surface area contributed by atoms with E-state index in [1.807, 2.05) is 26.0 Å². The Bertz CT molecular complexity index is 994. The van der Waals surface area contributed by atoms with Crippen molar-refractivity contribution in [3.63, 3.8) is 0 Å². The van der Waals surface area contributed by atoms with E-state index < -0.39 is 11.8 Å². The van der Waals surface area contributed by atoms with Gasteiger partial charge in [-0.3, -0.25) is 4.79 Å². The van der Waals surface area contributed by atoms with Crippen LogP contribution in [-0.2, 0) is 4.74 Å². The number of aryl methyl sites for hydroxylation is 2. The van der Waals surface area contributed by atoms with Crippen LogP contribution in [0.5, 0.6) is 0 Å². The SMILES string of the molecule is Cc1ccc(C)c(C(=O)COC(=O)c2sc3cc(F)ccc3c2Cl)c1. The van der Waals surface area contributed by atoms with E-state index in [-0.39, 0.29) is 22.3 Å². The molecular formula is C19H14ClFO3S. The van der Waals surface area contributed by atoms with Gasteiger partial charge in [-0.1, -0.05) is 29.3 Å². The van der Waals surface area contributed by atoms with E-state index in [1.54, 1.807) is 6.07 Å². The van der Waals surface area contributed by atoms with Gasteiger partial charge in [0.2, 0.25) is 5.78 Å². The number of hydrogen-bond donors (Lipinski definition) is 0. The van der Waals surface area contributed by atoms with Gasteiger partial charge in [0.15, 0.2) is 6.61 Å². The molecule has 3 rings (SSSR count). The summed E-state index contributed by atoms with van der Waals surface area (Å²) in [6.45, 7) is 3.34. The molecule has 3 nitrogen and oxygen atoms in total. The Kier molecular flexibility index (Phi) is 4.88. The number of carbonyl (C=O) groups is 2. The fraction of sp³-hybridized carbons (Fsp3) is 0.158. The average Bonchev–Trinajstić information content (AvgIpc) is 2.90. The van der Waals surface area contributed by atoms with Crippen LogP contribution in [0, 0.1) is 19.7 Å². The molecule has 0 saturated carbocycles. The predicted octanol–water partition coefficient (Wildman–Crippen LogP) is 5.35. The highest BCUT2D eigenvalue weighted by Crippen LogP contribution is 2.36. The van der Waals surface area contributed by atoms with Crippen molar-refractivity contribution in [2.24, 2.45) is 0 Å². The zero-order chi connectivity index (χ0) is 18.1. The minimum absolute atomic E-state index is 0.163. The summed E-state index contributed by atoms with van der Waals surface area (Å²) in [5.74, 6) is -1.38. The standard InChI is InChI=1S/C19H14ClFO3S/c1-10-3-4-11(2)14(7-10)15(22)9-24-19(23)18-17(20)13-6-5-12(21)8-16(13)25-18/h3-8H,9H2,1-2H3. The predicted molar refractivity (Wildman–Crippen MR) is 97.3 cm³/mol. The number of halogens is 2. The van der Waals surface area contributed by atoms with E-state index in [0.717, 1.165) is 22.5 Å². The maximum atomic E-state index is 13.3. The van der Waals surface area contributed by atoms with Crippen molar-refractivity contribution in [1.29, 1.82) is 0 Å². The summed E-state index contributed by atoms with van der Waals surface area (Å²) in [4.78, 5) is 24.7. The molecule has 0 amide bonds. The lowest BCUT2D eigenvalue weighted by Gasteiger charge is -2.07. The largest absolute Gasteiger partial charge is 0.453 e. The number of esters is 1. The first-order valence-electron chi connectivity index (χ1n) is 7.52. The van der Waals surface area contributed by atoms with Crippen LogP contribution >= 0.6 is 22.9 Å². The summed E-state index contributed by atoms with van der Waals surface area (Å²) < 4.78 is 19.0. The molecule has 25 heavy (non-hydrogen) atoms. The van der Waals surface area contributed by atoms with Crippen LogP contribution in [0.15, 0.2) is 36.4 Å². The van der Waals surface area contributed by atoms with Crippen molar-refractivity contribution in [1.82, 2.24) is 0 Å². The molecule has 0 unspecified atom stereocenters. The minimum Gasteiger partial charge on any atom is -0.453 e. The fourth-order valence-electron chi connectivity index (χ4n) is 2.48. The number of Topliss-reactive ketones (excluding diaryl/α,β-unsaturated/α-hetero) is 1. The number of ether oxygens (including phenoxy) is 1. The Labute approximate surface area is 153 Å². The summed E-state index contributed by atoms with van der Waals surface area (Å²) in [6, 6.07) is 9.63. The first-order chi connectivity index (χ1) is 11.9. The lowest BCUT2D eigenvalue weighted by atomic mass is 10.0. The molecule has 0 aliphatic rings.